The molecule has 0 fully saturated rings. The highest BCUT2D eigenvalue weighted by Crippen LogP contribution is 2.52. The van der Waals surface area contributed by atoms with Gasteiger partial charge in [-0.25, -0.2) is 4.79 Å². The van der Waals surface area contributed by atoms with Crippen molar-refractivity contribution in [2.75, 3.05) is 14.2 Å². The summed E-state index contributed by atoms with van der Waals surface area (Å²) in [5, 5.41) is 9.98. The Hall–Kier alpha value is -2.44. The Balaban J connectivity index is 2.56. The van der Waals surface area contributed by atoms with Gasteiger partial charge in [-0.15, -0.1) is 0 Å². The van der Waals surface area contributed by atoms with Crippen molar-refractivity contribution in [1.29, 1.82) is 0 Å². The number of aliphatic carboxylic acids is 1. The molecule has 0 aromatic heterocycles. The summed E-state index contributed by atoms with van der Waals surface area (Å²) in [5.74, 6) is -6.42. The van der Waals surface area contributed by atoms with Crippen LogP contribution < -0.4 is 0 Å². The summed E-state index contributed by atoms with van der Waals surface area (Å²) in [6.07, 6.45) is 10.2. The summed E-state index contributed by atoms with van der Waals surface area (Å²) in [6.45, 7) is 4.20. The molecular weight excluding hydrogens is 424 g/mol. The molecule has 0 spiro atoms. The number of hydrogen-bond acceptors (Lipinski definition) is 6. The molecule has 0 heterocycles. The lowest BCUT2D eigenvalue weighted by Crippen LogP contribution is -2.42. The Morgan fingerprint density at radius 3 is 2.00 bits per heavy atom. The van der Waals surface area contributed by atoms with Crippen molar-refractivity contribution in [1.82, 2.24) is 0 Å². The molecule has 2 aliphatic rings. The first-order valence-corrected chi connectivity index (χ1v) is 12.2. The normalized spacial score (nSPS) is 24.4. The van der Waals surface area contributed by atoms with E-state index in [9.17, 15) is 24.3 Å². The van der Waals surface area contributed by atoms with Gasteiger partial charge in [-0.05, 0) is 31.3 Å². The lowest BCUT2D eigenvalue weighted by atomic mass is 9.65. The van der Waals surface area contributed by atoms with Crippen LogP contribution in [0.4, 0.5) is 0 Å². The van der Waals surface area contributed by atoms with E-state index in [-0.39, 0.29) is 5.57 Å². The molecule has 0 aromatic rings. The third-order valence-electron chi connectivity index (χ3n) is 6.95. The van der Waals surface area contributed by atoms with E-state index in [1.807, 2.05) is 0 Å². The summed E-state index contributed by atoms with van der Waals surface area (Å²) >= 11 is 0. The lowest BCUT2D eigenvalue weighted by molar-refractivity contribution is -0.151. The van der Waals surface area contributed by atoms with Gasteiger partial charge in [0, 0.05) is 11.8 Å². The van der Waals surface area contributed by atoms with Gasteiger partial charge in [0.25, 0.3) is 0 Å². The molecule has 0 amide bonds. The number of unbranched alkanes of at least 4 members (excludes halogenated alkanes) is 6. The second-order valence-corrected chi connectivity index (χ2v) is 9.04. The smallest absolute Gasteiger partial charge is 0.341 e. The molecule has 1 N–H and O–H groups in total. The molecule has 4 atom stereocenters. The number of rotatable bonds is 13. The van der Waals surface area contributed by atoms with Gasteiger partial charge in [-0.2, -0.15) is 0 Å². The molecular formula is C26H38O7. The fourth-order valence-electron chi connectivity index (χ4n) is 5.35. The van der Waals surface area contributed by atoms with Crippen LogP contribution in [0.2, 0.25) is 0 Å². The number of esters is 2. The standard InChI is InChI=1S/C26H38O7/c1-5-7-9-11-13-16-15-18(24(28)29)21-20(19(16)25(30)32-3)17(14-12-10-8-6-2)22(23(21)27)26(31)33-4/h15,18-21H,5-14H2,1-4H3,(H,28,29)/t18-,19-,20-,21+/m1/s1. The van der Waals surface area contributed by atoms with Gasteiger partial charge in [-0.3, -0.25) is 14.4 Å². The van der Waals surface area contributed by atoms with E-state index in [0.29, 0.717) is 24.0 Å². The number of hydrogen-bond donors (Lipinski definition) is 1. The largest absolute Gasteiger partial charge is 0.481 e. The summed E-state index contributed by atoms with van der Waals surface area (Å²) in [7, 11) is 2.52. The fourth-order valence-corrected chi connectivity index (χ4v) is 5.35. The zero-order chi connectivity index (χ0) is 24.5. The van der Waals surface area contributed by atoms with E-state index in [2.05, 4.69) is 13.8 Å². The van der Waals surface area contributed by atoms with Crippen molar-refractivity contribution in [3.05, 3.63) is 22.8 Å². The molecule has 0 bridgehead atoms. The molecule has 7 heteroatoms. The van der Waals surface area contributed by atoms with E-state index < -0.39 is 47.4 Å². The summed E-state index contributed by atoms with van der Waals surface area (Å²) in [5.41, 5.74) is 1.20. The van der Waals surface area contributed by atoms with Gasteiger partial charge >= 0.3 is 17.9 Å². The number of carboxylic acid groups (broad SMARTS) is 1. The highest BCUT2D eigenvalue weighted by Gasteiger charge is 2.56. The highest BCUT2D eigenvalue weighted by atomic mass is 16.5. The van der Waals surface area contributed by atoms with Crippen LogP contribution in [0, 0.1) is 23.7 Å². The second kappa shape index (κ2) is 12.7. The highest BCUT2D eigenvalue weighted by molar-refractivity contribution is 6.22. The van der Waals surface area contributed by atoms with Crippen LogP contribution in [0.25, 0.3) is 0 Å². The van der Waals surface area contributed by atoms with Gasteiger partial charge in [0.05, 0.1) is 26.1 Å². The summed E-state index contributed by atoms with van der Waals surface area (Å²) < 4.78 is 10.0. The van der Waals surface area contributed by atoms with Crippen LogP contribution in [0.15, 0.2) is 22.8 Å². The van der Waals surface area contributed by atoms with Crippen LogP contribution in [0.5, 0.6) is 0 Å². The van der Waals surface area contributed by atoms with Crippen LogP contribution in [-0.2, 0) is 28.7 Å². The SMILES string of the molecule is CCCCCCC1=C[C@@H](C(=O)O)[C@@H]2C(=O)C(C(=O)OC)=C(CCCCCC)[C@@H]2[C@@H]1C(=O)OC. The van der Waals surface area contributed by atoms with Crippen LogP contribution >= 0.6 is 0 Å². The third kappa shape index (κ3) is 5.92. The average molecular weight is 463 g/mol. The van der Waals surface area contributed by atoms with Crippen molar-refractivity contribution in [3.63, 3.8) is 0 Å². The number of carboxylic acids is 1. The van der Waals surface area contributed by atoms with Gasteiger partial charge in [0.1, 0.15) is 5.57 Å². The predicted molar refractivity (Wildman–Crippen MR) is 123 cm³/mol. The number of ether oxygens (including phenoxy) is 2. The first-order valence-electron chi connectivity index (χ1n) is 12.2. The molecule has 184 valence electrons. The van der Waals surface area contributed by atoms with Crippen molar-refractivity contribution in [2.24, 2.45) is 23.7 Å². The van der Waals surface area contributed by atoms with E-state index in [1.54, 1.807) is 6.08 Å². The summed E-state index contributed by atoms with van der Waals surface area (Å²) in [6, 6.07) is 0. The maximum Gasteiger partial charge on any atom is 0.341 e. The zero-order valence-corrected chi connectivity index (χ0v) is 20.4. The first-order chi connectivity index (χ1) is 15.8. The molecule has 0 saturated heterocycles. The number of carbonyl (C=O) groups excluding carboxylic acids is 3. The van der Waals surface area contributed by atoms with Crippen LogP contribution in [0.1, 0.15) is 78.1 Å². The Bertz CT molecular complexity index is 807. The number of fused-ring (bicyclic) bond motifs is 1. The molecule has 0 saturated carbocycles. The number of allylic oxidation sites excluding steroid dienone is 1. The maximum absolute atomic E-state index is 13.4. The van der Waals surface area contributed by atoms with Crippen molar-refractivity contribution in [3.8, 4) is 0 Å². The average Bonchev–Trinajstić information content (AvgIpc) is 3.09. The lowest BCUT2D eigenvalue weighted by Gasteiger charge is -2.37. The first kappa shape index (κ1) is 26.8. The van der Waals surface area contributed by atoms with Gasteiger partial charge < -0.3 is 14.6 Å². The number of Topliss-reactive ketones (excluding diaryl/α,β-unsaturated/α-hetero) is 1. The Morgan fingerprint density at radius 2 is 1.48 bits per heavy atom. The molecule has 33 heavy (non-hydrogen) atoms. The predicted octanol–water partition coefficient (Wildman–Crippen LogP) is 4.64. The summed E-state index contributed by atoms with van der Waals surface area (Å²) in [4.78, 5) is 51.3. The van der Waals surface area contributed by atoms with E-state index in [4.69, 9.17) is 9.47 Å². The topological polar surface area (TPSA) is 107 Å². The molecule has 0 aliphatic heterocycles. The van der Waals surface area contributed by atoms with E-state index in [1.165, 1.54) is 14.2 Å². The molecule has 7 nitrogen and oxygen atoms in total. The zero-order valence-electron chi connectivity index (χ0n) is 20.4. The van der Waals surface area contributed by atoms with Gasteiger partial charge in [0.15, 0.2) is 5.78 Å². The monoisotopic (exact) mass is 462 g/mol. The minimum Gasteiger partial charge on any atom is -0.481 e. The molecule has 2 rings (SSSR count). The van der Waals surface area contributed by atoms with E-state index in [0.717, 1.165) is 51.4 Å². The molecule has 0 aromatic carbocycles. The fraction of sp³-hybridized carbons (Fsp3) is 0.692. The van der Waals surface area contributed by atoms with Gasteiger partial charge in [0.2, 0.25) is 0 Å². The second-order valence-electron chi connectivity index (χ2n) is 9.04. The molecule has 2 aliphatic carbocycles. The number of ketones is 1. The minimum absolute atomic E-state index is 0.0650. The number of carbonyl (C=O) groups is 4. The molecule has 0 unspecified atom stereocenters. The van der Waals surface area contributed by atoms with Crippen molar-refractivity contribution in [2.45, 2.75) is 78.1 Å². The van der Waals surface area contributed by atoms with E-state index >= 15 is 0 Å². The van der Waals surface area contributed by atoms with Crippen molar-refractivity contribution < 1.29 is 33.8 Å². The third-order valence-corrected chi connectivity index (χ3v) is 6.95. The minimum atomic E-state index is -1.12. The van der Waals surface area contributed by atoms with Crippen molar-refractivity contribution >= 4 is 23.7 Å². The van der Waals surface area contributed by atoms with Crippen LogP contribution in [0.3, 0.4) is 0 Å². The number of methoxy groups -OCH3 is 2. The molecule has 0 radical (unpaired) electrons. The maximum atomic E-state index is 13.4. The Morgan fingerprint density at radius 1 is 0.879 bits per heavy atom. The van der Waals surface area contributed by atoms with Crippen LogP contribution in [-0.4, -0.2) is 43.0 Å². The quantitative estimate of drug-likeness (QED) is 0.184. The van der Waals surface area contributed by atoms with Gasteiger partial charge in [-0.1, -0.05) is 64.0 Å². The Kier molecular flexibility index (Phi) is 10.3. The Labute approximate surface area is 196 Å².